The van der Waals surface area contributed by atoms with Gasteiger partial charge in [0, 0.05) is 0 Å². The highest BCUT2D eigenvalue weighted by atomic mass is 14.4. The molecule has 0 aromatic rings. The average Bonchev–Trinajstić information content (AvgIpc) is 2.72. The van der Waals surface area contributed by atoms with Gasteiger partial charge < -0.3 is 0 Å². The predicted octanol–water partition coefficient (Wildman–Crippen LogP) is 8.82. The van der Waals surface area contributed by atoms with Crippen LogP contribution in [0.4, 0.5) is 0 Å². The molecule has 0 atom stereocenters. The van der Waals surface area contributed by atoms with Gasteiger partial charge in [0.05, 0.1) is 11.5 Å². The van der Waals surface area contributed by atoms with Gasteiger partial charge in [0.25, 0.3) is 0 Å². The topological polar surface area (TPSA) is 23.8 Å². The van der Waals surface area contributed by atoms with E-state index in [1.807, 2.05) is 0 Å². The third-order valence-electron chi connectivity index (χ3n) is 7.98. The Labute approximate surface area is 170 Å². The van der Waals surface area contributed by atoms with Crippen LogP contribution in [0.15, 0.2) is 0 Å². The highest BCUT2D eigenvalue weighted by molar-refractivity contribution is 5.01. The summed E-state index contributed by atoms with van der Waals surface area (Å²) in [5.74, 6) is 2.85. The Balaban J connectivity index is 1.62. The molecule has 0 aliphatic heterocycles. The third-order valence-corrected chi connectivity index (χ3v) is 7.98. The number of nitrogens with zero attached hydrogens (tertiary/aromatic N) is 1. The van der Waals surface area contributed by atoms with E-state index in [0.29, 0.717) is 0 Å². The number of rotatable bonds is 12. The summed E-state index contributed by atoms with van der Waals surface area (Å²) in [6, 6.07) is 2.79. The lowest BCUT2D eigenvalue weighted by atomic mass is 9.66. The van der Waals surface area contributed by atoms with Crippen molar-refractivity contribution in [1.82, 2.24) is 0 Å². The summed E-state index contributed by atoms with van der Waals surface area (Å²) < 4.78 is 0. The minimum atomic E-state index is 0.0399. The molecule has 1 nitrogen and oxygen atoms in total. The van der Waals surface area contributed by atoms with Crippen LogP contribution >= 0.6 is 0 Å². The largest absolute Gasteiger partial charge is 0.198 e. The zero-order valence-corrected chi connectivity index (χ0v) is 18.6. The number of hydrogen-bond donors (Lipinski definition) is 0. The van der Waals surface area contributed by atoms with Crippen molar-refractivity contribution < 1.29 is 0 Å². The molecule has 0 radical (unpaired) electrons. The number of hydrogen-bond acceptors (Lipinski definition) is 1. The molecular formula is C26H47N. The molecule has 2 aliphatic carbocycles. The van der Waals surface area contributed by atoms with Crippen LogP contribution in [0.1, 0.15) is 136 Å². The molecule has 0 aromatic carbocycles. The predicted molar refractivity (Wildman–Crippen MR) is 118 cm³/mol. The van der Waals surface area contributed by atoms with Gasteiger partial charge in [0.1, 0.15) is 0 Å². The molecule has 0 saturated heterocycles. The molecule has 0 heterocycles. The van der Waals surface area contributed by atoms with E-state index in [0.717, 1.165) is 17.8 Å². The van der Waals surface area contributed by atoms with Crippen molar-refractivity contribution in [2.45, 2.75) is 136 Å². The molecule has 2 rings (SSSR count). The van der Waals surface area contributed by atoms with E-state index in [9.17, 15) is 5.26 Å². The van der Waals surface area contributed by atoms with E-state index in [-0.39, 0.29) is 5.41 Å². The van der Waals surface area contributed by atoms with Crippen LogP contribution in [0.25, 0.3) is 0 Å². The summed E-state index contributed by atoms with van der Waals surface area (Å²) in [5, 5.41) is 9.90. The molecule has 0 N–H and O–H groups in total. The van der Waals surface area contributed by atoms with E-state index < -0.39 is 0 Å². The van der Waals surface area contributed by atoms with Gasteiger partial charge in [-0.2, -0.15) is 5.26 Å². The first kappa shape index (κ1) is 22.8. The van der Waals surface area contributed by atoms with Crippen molar-refractivity contribution in [1.29, 1.82) is 5.26 Å². The summed E-state index contributed by atoms with van der Waals surface area (Å²) in [6.07, 6.45) is 26.1. The van der Waals surface area contributed by atoms with Gasteiger partial charge >= 0.3 is 0 Å². The first-order valence-electron chi connectivity index (χ1n) is 12.6. The molecule has 0 amide bonds. The molecular weight excluding hydrogens is 326 g/mol. The number of unbranched alkanes of at least 4 members (excludes halogenated alkanes) is 5. The summed E-state index contributed by atoms with van der Waals surface area (Å²) >= 11 is 0. The summed E-state index contributed by atoms with van der Waals surface area (Å²) in [6.45, 7) is 4.60. The second-order valence-electron chi connectivity index (χ2n) is 10.1. The smallest absolute Gasteiger partial charge is 0.0689 e. The van der Waals surface area contributed by atoms with E-state index in [4.69, 9.17) is 0 Å². The Bertz CT molecular complexity index is 404. The highest BCUT2D eigenvalue weighted by Gasteiger charge is 2.35. The SMILES string of the molecule is CCCCCCC1CCC(CCC2(C#N)CCC(CCCCC)CC2)CC1. The lowest BCUT2D eigenvalue weighted by molar-refractivity contribution is 0.162. The molecule has 1 heteroatoms. The molecule has 27 heavy (non-hydrogen) atoms. The summed E-state index contributed by atoms with van der Waals surface area (Å²) in [5.41, 5.74) is 0.0399. The van der Waals surface area contributed by atoms with Crippen molar-refractivity contribution in [3.05, 3.63) is 0 Å². The zero-order chi connectivity index (χ0) is 19.4. The maximum Gasteiger partial charge on any atom is 0.0689 e. The van der Waals surface area contributed by atoms with E-state index >= 15 is 0 Å². The maximum absolute atomic E-state index is 9.90. The van der Waals surface area contributed by atoms with Crippen LogP contribution < -0.4 is 0 Å². The Morgan fingerprint density at radius 2 is 1.15 bits per heavy atom. The van der Waals surface area contributed by atoms with Crippen LogP contribution in [-0.4, -0.2) is 0 Å². The van der Waals surface area contributed by atoms with Gasteiger partial charge in [-0.15, -0.1) is 0 Å². The van der Waals surface area contributed by atoms with Crippen molar-refractivity contribution >= 4 is 0 Å². The number of nitriles is 1. The fourth-order valence-corrected chi connectivity index (χ4v) is 5.77. The van der Waals surface area contributed by atoms with Crippen LogP contribution in [0.2, 0.25) is 0 Å². The van der Waals surface area contributed by atoms with Crippen molar-refractivity contribution in [2.75, 3.05) is 0 Å². The minimum absolute atomic E-state index is 0.0399. The van der Waals surface area contributed by atoms with E-state index in [1.165, 1.54) is 122 Å². The molecule has 0 aromatic heterocycles. The minimum Gasteiger partial charge on any atom is -0.198 e. The summed E-state index contributed by atoms with van der Waals surface area (Å²) in [4.78, 5) is 0. The lowest BCUT2D eigenvalue weighted by Crippen LogP contribution is -2.27. The van der Waals surface area contributed by atoms with Gasteiger partial charge in [-0.3, -0.25) is 0 Å². The Morgan fingerprint density at radius 1 is 0.667 bits per heavy atom. The average molecular weight is 374 g/mol. The van der Waals surface area contributed by atoms with Gasteiger partial charge in [0.2, 0.25) is 0 Å². The van der Waals surface area contributed by atoms with Crippen LogP contribution in [0.3, 0.4) is 0 Å². The second kappa shape index (κ2) is 12.9. The Hall–Kier alpha value is -0.510. The zero-order valence-electron chi connectivity index (χ0n) is 18.6. The summed E-state index contributed by atoms with van der Waals surface area (Å²) in [7, 11) is 0. The van der Waals surface area contributed by atoms with Gasteiger partial charge in [-0.25, -0.2) is 0 Å². The van der Waals surface area contributed by atoms with Crippen molar-refractivity contribution in [3.63, 3.8) is 0 Å². The molecule has 2 aliphatic rings. The van der Waals surface area contributed by atoms with Gasteiger partial charge in [-0.1, -0.05) is 97.3 Å². The monoisotopic (exact) mass is 373 g/mol. The molecule has 0 bridgehead atoms. The fourth-order valence-electron chi connectivity index (χ4n) is 5.77. The molecule has 156 valence electrons. The van der Waals surface area contributed by atoms with E-state index in [2.05, 4.69) is 19.9 Å². The van der Waals surface area contributed by atoms with Crippen molar-refractivity contribution in [3.8, 4) is 6.07 Å². The Kier molecular flexibility index (Phi) is 10.8. The Morgan fingerprint density at radius 3 is 1.70 bits per heavy atom. The lowest BCUT2D eigenvalue weighted by Gasteiger charge is -2.37. The molecule has 0 unspecified atom stereocenters. The second-order valence-corrected chi connectivity index (χ2v) is 10.1. The standard InChI is InChI=1S/C26H47N/c1-3-5-7-9-11-23-12-14-25(15-13-23)18-21-26(22-27)19-16-24(17-20-26)10-8-6-4-2/h23-25H,3-21H2,1-2H3. The van der Waals surface area contributed by atoms with Crippen molar-refractivity contribution in [2.24, 2.45) is 23.2 Å². The first-order valence-corrected chi connectivity index (χ1v) is 12.6. The van der Waals surface area contributed by atoms with E-state index in [1.54, 1.807) is 0 Å². The molecule has 0 spiro atoms. The van der Waals surface area contributed by atoms with Crippen LogP contribution in [0.5, 0.6) is 0 Å². The third kappa shape index (κ3) is 8.17. The van der Waals surface area contributed by atoms with Crippen LogP contribution in [-0.2, 0) is 0 Å². The quantitative estimate of drug-likeness (QED) is 0.313. The molecule has 2 fully saturated rings. The van der Waals surface area contributed by atoms with Gasteiger partial charge in [0.15, 0.2) is 0 Å². The molecule has 2 saturated carbocycles. The van der Waals surface area contributed by atoms with Gasteiger partial charge in [-0.05, 0) is 56.3 Å². The van der Waals surface area contributed by atoms with Crippen LogP contribution in [0, 0.1) is 34.5 Å². The highest BCUT2D eigenvalue weighted by Crippen LogP contribution is 2.45. The normalized spacial score (nSPS) is 31.5. The maximum atomic E-state index is 9.90. The fraction of sp³-hybridized carbons (Fsp3) is 0.962. The first-order chi connectivity index (χ1) is 13.2.